The van der Waals surface area contributed by atoms with Gasteiger partial charge in [0.25, 0.3) is 0 Å². The molecule has 21 heavy (non-hydrogen) atoms. The highest BCUT2D eigenvalue weighted by Gasteiger charge is 2.36. The standard InChI is InChI=1S/C16H22F3NO/c1-15(9-3-4-10-21-15)14(20-2)11-12-5-7-13(8-6-12)16(17,18)19/h5-8,14,20H,3-4,9-11H2,1-2H3. The fourth-order valence-electron chi connectivity index (χ4n) is 2.92. The Morgan fingerprint density at radius 3 is 2.38 bits per heavy atom. The highest BCUT2D eigenvalue weighted by Crippen LogP contribution is 2.31. The zero-order valence-corrected chi connectivity index (χ0v) is 12.5. The summed E-state index contributed by atoms with van der Waals surface area (Å²) >= 11 is 0. The lowest BCUT2D eigenvalue weighted by molar-refractivity contribution is -0.137. The first-order valence-electron chi connectivity index (χ1n) is 7.32. The zero-order valence-electron chi connectivity index (χ0n) is 12.5. The average molecular weight is 301 g/mol. The van der Waals surface area contributed by atoms with Crippen LogP contribution in [0.15, 0.2) is 24.3 Å². The summed E-state index contributed by atoms with van der Waals surface area (Å²) in [5.41, 5.74) is 0.0283. The smallest absolute Gasteiger partial charge is 0.374 e. The van der Waals surface area contributed by atoms with Crippen LogP contribution in [0, 0.1) is 0 Å². The molecule has 0 radical (unpaired) electrons. The first kappa shape index (κ1) is 16.3. The van der Waals surface area contributed by atoms with E-state index >= 15 is 0 Å². The molecule has 1 saturated heterocycles. The maximum Gasteiger partial charge on any atom is 0.416 e. The fourth-order valence-corrected chi connectivity index (χ4v) is 2.92. The number of nitrogens with one attached hydrogen (secondary N) is 1. The molecule has 0 saturated carbocycles. The molecule has 2 nitrogen and oxygen atoms in total. The van der Waals surface area contributed by atoms with Gasteiger partial charge in [0.05, 0.1) is 11.2 Å². The van der Waals surface area contributed by atoms with Crippen molar-refractivity contribution in [3.8, 4) is 0 Å². The topological polar surface area (TPSA) is 21.3 Å². The van der Waals surface area contributed by atoms with Crippen LogP contribution in [0.4, 0.5) is 13.2 Å². The van der Waals surface area contributed by atoms with E-state index in [4.69, 9.17) is 4.74 Å². The lowest BCUT2D eigenvalue weighted by atomic mass is 9.84. The first-order chi connectivity index (χ1) is 9.85. The molecule has 0 amide bonds. The number of alkyl halides is 3. The van der Waals surface area contributed by atoms with Gasteiger partial charge in [-0.1, -0.05) is 12.1 Å². The molecule has 1 aliphatic heterocycles. The summed E-state index contributed by atoms with van der Waals surface area (Å²) in [6.07, 6.45) is -0.447. The van der Waals surface area contributed by atoms with Gasteiger partial charge in [0.15, 0.2) is 0 Å². The van der Waals surface area contributed by atoms with Crippen molar-refractivity contribution in [2.45, 2.75) is 50.4 Å². The summed E-state index contributed by atoms with van der Waals surface area (Å²) in [6.45, 7) is 2.83. The Hall–Kier alpha value is -1.07. The number of hydrogen-bond donors (Lipinski definition) is 1. The third-order valence-corrected chi connectivity index (χ3v) is 4.31. The van der Waals surface area contributed by atoms with E-state index in [1.165, 1.54) is 0 Å². The molecule has 0 aromatic heterocycles. The summed E-state index contributed by atoms with van der Waals surface area (Å²) in [4.78, 5) is 0. The van der Waals surface area contributed by atoms with Crippen molar-refractivity contribution in [2.24, 2.45) is 0 Å². The Kier molecular flexibility index (Phi) is 4.94. The molecule has 1 fully saturated rings. The summed E-state index contributed by atoms with van der Waals surface area (Å²) < 4.78 is 43.6. The lowest BCUT2D eigenvalue weighted by Gasteiger charge is -2.40. The van der Waals surface area contributed by atoms with Crippen LogP contribution in [0.25, 0.3) is 0 Å². The van der Waals surface area contributed by atoms with Crippen LogP contribution in [-0.4, -0.2) is 25.3 Å². The van der Waals surface area contributed by atoms with Gasteiger partial charge in [-0.25, -0.2) is 0 Å². The molecule has 0 spiro atoms. The molecule has 1 heterocycles. The van der Waals surface area contributed by atoms with Crippen LogP contribution in [-0.2, 0) is 17.3 Å². The Morgan fingerprint density at radius 1 is 1.24 bits per heavy atom. The van der Waals surface area contributed by atoms with Crippen LogP contribution in [0.2, 0.25) is 0 Å². The van der Waals surface area contributed by atoms with Crippen molar-refractivity contribution in [3.63, 3.8) is 0 Å². The van der Waals surface area contributed by atoms with E-state index in [1.807, 2.05) is 7.05 Å². The molecule has 5 heteroatoms. The van der Waals surface area contributed by atoms with E-state index in [2.05, 4.69) is 12.2 Å². The maximum absolute atomic E-state index is 12.6. The van der Waals surface area contributed by atoms with Gasteiger partial charge in [0.2, 0.25) is 0 Å². The quantitative estimate of drug-likeness (QED) is 0.913. The Balaban J connectivity index is 2.08. The molecule has 2 rings (SSSR count). The van der Waals surface area contributed by atoms with Crippen molar-refractivity contribution >= 4 is 0 Å². The van der Waals surface area contributed by atoms with Crippen molar-refractivity contribution in [3.05, 3.63) is 35.4 Å². The molecule has 1 N–H and O–H groups in total. The van der Waals surface area contributed by atoms with Crippen LogP contribution < -0.4 is 5.32 Å². The molecule has 1 aromatic rings. The number of likely N-dealkylation sites (N-methyl/N-ethyl adjacent to an activating group) is 1. The number of hydrogen-bond acceptors (Lipinski definition) is 2. The Labute approximate surface area is 123 Å². The number of halogens is 3. The van der Waals surface area contributed by atoms with E-state index in [-0.39, 0.29) is 11.6 Å². The van der Waals surface area contributed by atoms with Crippen LogP contribution in [0.1, 0.15) is 37.3 Å². The maximum atomic E-state index is 12.6. The third kappa shape index (κ3) is 3.98. The Morgan fingerprint density at radius 2 is 1.90 bits per heavy atom. The van der Waals surface area contributed by atoms with Gasteiger partial charge < -0.3 is 10.1 Å². The molecule has 2 unspecified atom stereocenters. The van der Waals surface area contributed by atoms with Crippen LogP contribution in [0.5, 0.6) is 0 Å². The molecule has 0 aliphatic carbocycles. The zero-order chi connectivity index (χ0) is 15.5. The fraction of sp³-hybridized carbons (Fsp3) is 0.625. The SMILES string of the molecule is CNC(Cc1ccc(C(F)(F)F)cc1)C1(C)CCCCO1. The second-order valence-corrected chi connectivity index (χ2v) is 5.86. The lowest BCUT2D eigenvalue weighted by Crippen LogP contribution is -2.52. The van der Waals surface area contributed by atoms with Gasteiger partial charge in [-0.2, -0.15) is 13.2 Å². The molecule has 1 aromatic carbocycles. The minimum Gasteiger partial charge on any atom is -0.374 e. The largest absolute Gasteiger partial charge is 0.416 e. The molecule has 118 valence electrons. The molecule has 1 aliphatic rings. The van der Waals surface area contributed by atoms with Crippen LogP contribution >= 0.6 is 0 Å². The second-order valence-electron chi connectivity index (χ2n) is 5.86. The van der Waals surface area contributed by atoms with Gasteiger partial charge in [-0.15, -0.1) is 0 Å². The van der Waals surface area contributed by atoms with Crippen molar-refractivity contribution < 1.29 is 17.9 Å². The predicted molar refractivity (Wildman–Crippen MR) is 76.2 cm³/mol. The highest BCUT2D eigenvalue weighted by atomic mass is 19.4. The van der Waals surface area contributed by atoms with Crippen molar-refractivity contribution in [1.29, 1.82) is 0 Å². The van der Waals surface area contributed by atoms with Gasteiger partial charge >= 0.3 is 6.18 Å². The van der Waals surface area contributed by atoms with Crippen molar-refractivity contribution in [1.82, 2.24) is 5.32 Å². The number of benzene rings is 1. The summed E-state index contributed by atoms with van der Waals surface area (Å²) in [5, 5.41) is 3.26. The number of ether oxygens (including phenoxy) is 1. The molecule has 0 bridgehead atoms. The molecular formula is C16H22F3NO. The van der Waals surface area contributed by atoms with E-state index in [1.54, 1.807) is 12.1 Å². The van der Waals surface area contributed by atoms with Crippen molar-refractivity contribution in [2.75, 3.05) is 13.7 Å². The van der Waals surface area contributed by atoms with Gasteiger partial charge in [-0.3, -0.25) is 0 Å². The van der Waals surface area contributed by atoms with Gasteiger partial charge in [-0.05, 0) is 57.4 Å². The van der Waals surface area contributed by atoms with E-state index in [9.17, 15) is 13.2 Å². The third-order valence-electron chi connectivity index (χ3n) is 4.31. The first-order valence-corrected chi connectivity index (χ1v) is 7.32. The summed E-state index contributed by atoms with van der Waals surface area (Å²) in [5.74, 6) is 0. The van der Waals surface area contributed by atoms with Gasteiger partial charge in [0, 0.05) is 12.6 Å². The van der Waals surface area contributed by atoms with E-state index < -0.39 is 11.7 Å². The monoisotopic (exact) mass is 301 g/mol. The van der Waals surface area contributed by atoms with Gasteiger partial charge in [0.1, 0.15) is 0 Å². The molecule has 2 atom stereocenters. The minimum absolute atomic E-state index is 0.0922. The normalized spacial score (nSPS) is 24.8. The van der Waals surface area contributed by atoms with E-state index in [0.717, 1.165) is 43.6 Å². The Bertz CT molecular complexity index is 450. The second kappa shape index (κ2) is 6.36. The summed E-state index contributed by atoms with van der Waals surface area (Å²) in [7, 11) is 1.87. The number of rotatable bonds is 4. The minimum atomic E-state index is -4.28. The predicted octanol–water partition coefficient (Wildman–Crippen LogP) is 3.80. The average Bonchev–Trinajstić information content (AvgIpc) is 2.45. The van der Waals surface area contributed by atoms with E-state index in [0.29, 0.717) is 6.42 Å². The summed E-state index contributed by atoms with van der Waals surface area (Å²) in [6, 6.07) is 5.49. The highest BCUT2D eigenvalue weighted by molar-refractivity contribution is 5.25. The molecular weight excluding hydrogens is 279 g/mol. The van der Waals surface area contributed by atoms with Crippen LogP contribution in [0.3, 0.4) is 0 Å².